The minimum atomic E-state index is -0.279. The molecule has 4 aromatic rings. The third-order valence-corrected chi connectivity index (χ3v) is 6.31. The zero-order valence-corrected chi connectivity index (χ0v) is 18.4. The van der Waals surface area contributed by atoms with Crippen molar-refractivity contribution in [3.05, 3.63) is 88.2 Å². The van der Waals surface area contributed by atoms with Crippen molar-refractivity contribution in [3.8, 4) is 0 Å². The Morgan fingerprint density at radius 2 is 2.00 bits per heavy atom. The Labute approximate surface area is 190 Å². The van der Waals surface area contributed by atoms with Crippen molar-refractivity contribution in [1.82, 2.24) is 19.0 Å². The number of nitrogens with zero attached hydrogens (tertiary/aromatic N) is 4. The summed E-state index contributed by atoms with van der Waals surface area (Å²) in [6, 6.07) is 13.9. The second-order valence-corrected chi connectivity index (χ2v) is 8.57. The van der Waals surface area contributed by atoms with Crippen molar-refractivity contribution >= 4 is 16.9 Å². The zero-order valence-electron chi connectivity index (χ0n) is 18.4. The second-order valence-electron chi connectivity index (χ2n) is 8.57. The van der Waals surface area contributed by atoms with Crippen molar-refractivity contribution in [2.75, 3.05) is 13.1 Å². The maximum atomic E-state index is 13.4. The Balaban J connectivity index is 1.29. The van der Waals surface area contributed by atoms with Crippen LogP contribution in [0.4, 0.5) is 4.39 Å². The SMILES string of the molecule is Cn1c(=O)n(CC(=O)N2CCCC(c3ncc(Cc4cccc(F)c4)o3)C2)c2ccccc21. The number of piperidine rings is 1. The van der Waals surface area contributed by atoms with Crippen LogP contribution in [0, 0.1) is 5.82 Å². The maximum Gasteiger partial charge on any atom is 0.329 e. The van der Waals surface area contributed by atoms with E-state index in [0.29, 0.717) is 31.2 Å². The van der Waals surface area contributed by atoms with Gasteiger partial charge in [-0.25, -0.2) is 14.2 Å². The number of carbonyl (C=O) groups is 1. The molecule has 0 spiro atoms. The molecular formula is C25H25FN4O3. The number of aromatic nitrogens is 3. The third kappa shape index (κ3) is 4.20. The molecular weight excluding hydrogens is 423 g/mol. The van der Waals surface area contributed by atoms with Crippen LogP contribution < -0.4 is 5.69 Å². The van der Waals surface area contributed by atoms with E-state index in [1.54, 1.807) is 28.8 Å². The maximum absolute atomic E-state index is 13.4. The molecule has 3 heterocycles. The number of hydrogen-bond donors (Lipinski definition) is 0. The Bertz CT molecular complexity index is 1370. The van der Waals surface area contributed by atoms with E-state index in [2.05, 4.69) is 4.98 Å². The van der Waals surface area contributed by atoms with Gasteiger partial charge in [0.15, 0.2) is 5.89 Å². The van der Waals surface area contributed by atoms with Gasteiger partial charge in [0, 0.05) is 26.6 Å². The minimum Gasteiger partial charge on any atom is -0.445 e. The van der Waals surface area contributed by atoms with Crippen molar-refractivity contribution in [1.29, 1.82) is 0 Å². The molecule has 0 saturated carbocycles. The van der Waals surface area contributed by atoms with Gasteiger partial charge in [-0.2, -0.15) is 0 Å². The fourth-order valence-corrected chi connectivity index (χ4v) is 4.60. The summed E-state index contributed by atoms with van der Waals surface area (Å²) in [4.78, 5) is 32.0. The minimum absolute atomic E-state index is 0.00328. The van der Waals surface area contributed by atoms with E-state index in [1.165, 1.54) is 16.7 Å². The first-order chi connectivity index (χ1) is 16.0. The molecule has 8 heteroatoms. The second kappa shape index (κ2) is 8.69. The molecule has 0 N–H and O–H groups in total. The first kappa shape index (κ1) is 21.2. The molecule has 2 aromatic carbocycles. The van der Waals surface area contributed by atoms with Crippen LogP contribution in [0.3, 0.4) is 0 Å². The molecule has 5 rings (SSSR count). The quantitative estimate of drug-likeness (QED) is 0.469. The average molecular weight is 448 g/mol. The first-order valence-corrected chi connectivity index (χ1v) is 11.1. The van der Waals surface area contributed by atoms with E-state index in [4.69, 9.17) is 4.42 Å². The molecule has 1 aliphatic heterocycles. The Morgan fingerprint density at radius 3 is 2.82 bits per heavy atom. The lowest BCUT2D eigenvalue weighted by Gasteiger charge is -2.31. The number of benzene rings is 2. The van der Waals surface area contributed by atoms with Gasteiger partial charge >= 0.3 is 5.69 Å². The monoisotopic (exact) mass is 448 g/mol. The summed E-state index contributed by atoms with van der Waals surface area (Å²) < 4.78 is 22.5. The highest BCUT2D eigenvalue weighted by Crippen LogP contribution is 2.27. The Morgan fingerprint density at radius 1 is 1.18 bits per heavy atom. The molecule has 1 amide bonds. The lowest BCUT2D eigenvalue weighted by atomic mass is 9.98. The van der Waals surface area contributed by atoms with Gasteiger partial charge in [0.25, 0.3) is 0 Å². The predicted octanol–water partition coefficient (Wildman–Crippen LogP) is 3.46. The largest absolute Gasteiger partial charge is 0.445 e. The summed E-state index contributed by atoms with van der Waals surface area (Å²) in [7, 11) is 1.71. The molecule has 0 bridgehead atoms. The van der Waals surface area contributed by atoms with E-state index in [-0.39, 0.29) is 29.9 Å². The highest BCUT2D eigenvalue weighted by Gasteiger charge is 2.28. The highest BCUT2D eigenvalue weighted by atomic mass is 19.1. The fourth-order valence-electron chi connectivity index (χ4n) is 4.60. The molecule has 1 saturated heterocycles. The van der Waals surface area contributed by atoms with Gasteiger partial charge in [0.2, 0.25) is 5.91 Å². The van der Waals surface area contributed by atoms with E-state index in [1.807, 2.05) is 30.3 Å². The fraction of sp³-hybridized carbons (Fsp3) is 0.320. The van der Waals surface area contributed by atoms with Gasteiger partial charge in [-0.3, -0.25) is 13.9 Å². The number of halogens is 1. The number of fused-ring (bicyclic) bond motifs is 1. The number of amides is 1. The van der Waals surface area contributed by atoms with Gasteiger partial charge < -0.3 is 9.32 Å². The molecule has 7 nitrogen and oxygen atoms in total. The van der Waals surface area contributed by atoms with Gasteiger partial charge in [-0.05, 0) is 42.7 Å². The molecule has 1 atom stereocenters. The molecule has 0 aliphatic carbocycles. The number of likely N-dealkylation sites (tertiary alicyclic amines) is 1. The van der Waals surface area contributed by atoms with Gasteiger partial charge in [0.1, 0.15) is 18.1 Å². The Hall–Kier alpha value is -3.68. The van der Waals surface area contributed by atoms with Crippen LogP contribution in [0.25, 0.3) is 11.0 Å². The van der Waals surface area contributed by atoms with Gasteiger partial charge in [-0.1, -0.05) is 24.3 Å². The molecule has 170 valence electrons. The molecule has 0 radical (unpaired) electrons. The van der Waals surface area contributed by atoms with E-state index in [9.17, 15) is 14.0 Å². The van der Waals surface area contributed by atoms with Crippen LogP contribution in [0.5, 0.6) is 0 Å². The lowest BCUT2D eigenvalue weighted by molar-refractivity contribution is -0.133. The molecule has 1 unspecified atom stereocenters. The number of aryl methyl sites for hydroxylation is 1. The summed E-state index contributed by atoms with van der Waals surface area (Å²) in [5, 5.41) is 0. The summed E-state index contributed by atoms with van der Waals surface area (Å²) in [5.74, 6) is 0.888. The number of imidazole rings is 1. The van der Waals surface area contributed by atoms with Gasteiger partial charge in [0.05, 0.1) is 23.1 Å². The van der Waals surface area contributed by atoms with Crippen molar-refractivity contribution in [2.45, 2.75) is 31.7 Å². The summed E-state index contributed by atoms with van der Waals surface area (Å²) in [5.41, 5.74) is 2.17. The number of carbonyl (C=O) groups excluding carboxylic acids is 1. The van der Waals surface area contributed by atoms with E-state index in [0.717, 1.165) is 29.4 Å². The normalized spacial score (nSPS) is 16.4. The molecule has 33 heavy (non-hydrogen) atoms. The summed E-state index contributed by atoms with van der Waals surface area (Å²) >= 11 is 0. The number of rotatable bonds is 5. The van der Waals surface area contributed by atoms with Crippen molar-refractivity contribution in [2.24, 2.45) is 7.05 Å². The predicted molar refractivity (Wildman–Crippen MR) is 121 cm³/mol. The number of hydrogen-bond acceptors (Lipinski definition) is 4. The summed E-state index contributed by atoms with van der Waals surface area (Å²) in [6.07, 6.45) is 3.85. The van der Waals surface area contributed by atoms with E-state index >= 15 is 0 Å². The third-order valence-electron chi connectivity index (χ3n) is 6.31. The van der Waals surface area contributed by atoms with Crippen LogP contribution in [0.15, 0.2) is 63.9 Å². The smallest absolute Gasteiger partial charge is 0.329 e. The molecule has 2 aromatic heterocycles. The van der Waals surface area contributed by atoms with Crippen LogP contribution in [0.2, 0.25) is 0 Å². The van der Waals surface area contributed by atoms with Crippen LogP contribution >= 0.6 is 0 Å². The summed E-state index contributed by atoms with van der Waals surface area (Å²) in [6.45, 7) is 1.15. The number of oxazole rings is 1. The van der Waals surface area contributed by atoms with Crippen LogP contribution in [-0.4, -0.2) is 38.0 Å². The Kier molecular flexibility index (Phi) is 5.58. The topological polar surface area (TPSA) is 73.3 Å². The number of para-hydroxylation sites is 2. The van der Waals surface area contributed by atoms with Crippen LogP contribution in [0.1, 0.15) is 36.0 Å². The molecule has 1 fully saturated rings. The van der Waals surface area contributed by atoms with E-state index < -0.39 is 0 Å². The van der Waals surface area contributed by atoms with Crippen molar-refractivity contribution < 1.29 is 13.6 Å². The highest BCUT2D eigenvalue weighted by molar-refractivity contribution is 5.81. The lowest BCUT2D eigenvalue weighted by Crippen LogP contribution is -2.42. The molecule has 1 aliphatic rings. The zero-order chi connectivity index (χ0) is 22.9. The standard InChI is InChI=1S/C25H25FN4O3/c1-28-21-9-2-3-10-22(21)30(25(28)32)16-23(31)29-11-5-7-18(15-29)24-27-14-20(33-24)13-17-6-4-8-19(26)12-17/h2-4,6,8-10,12,14,18H,5,7,11,13,15-16H2,1H3. The van der Waals surface area contributed by atoms with Crippen molar-refractivity contribution in [3.63, 3.8) is 0 Å². The van der Waals surface area contributed by atoms with Crippen LogP contribution in [-0.2, 0) is 24.8 Å². The van der Waals surface area contributed by atoms with Gasteiger partial charge in [-0.15, -0.1) is 0 Å². The average Bonchev–Trinajstić information content (AvgIpc) is 3.38. The first-order valence-electron chi connectivity index (χ1n) is 11.1.